The summed E-state index contributed by atoms with van der Waals surface area (Å²) in [5, 5.41) is 10.2. The fourth-order valence-electron chi connectivity index (χ4n) is 2.75. The van der Waals surface area contributed by atoms with Crippen LogP contribution in [-0.2, 0) is 0 Å². The summed E-state index contributed by atoms with van der Waals surface area (Å²) in [6, 6.07) is 14.7. The second kappa shape index (κ2) is 8.30. The van der Waals surface area contributed by atoms with Gasteiger partial charge in [0.2, 0.25) is 5.89 Å². The average molecular weight is 581 g/mol. The standard InChI is InChI=1S/C21H13Br3N2O3/c1-28-18-4-2-11(7-15(18)23)21-26-17-9-14(3-5-19(17)29-21)25-10-12-6-13(22)8-16(24)20(12)27/h2-10,27H,1H3. The van der Waals surface area contributed by atoms with E-state index in [1.54, 1.807) is 25.5 Å². The van der Waals surface area contributed by atoms with Crippen LogP contribution in [0.5, 0.6) is 11.5 Å². The van der Waals surface area contributed by atoms with Crippen LogP contribution < -0.4 is 4.74 Å². The van der Waals surface area contributed by atoms with Crippen LogP contribution >= 0.6 is 47.8 Å². The van der Waals surface area contributed by atoms with Crippen molar-refractivity contribution in [2.45, 2.75) is 0 Å². The third-order valence-electron chi connectivity index (χ3n) is 4.18. The highest BCUT2D eigenvalue weighted by molar-refractivity contribution is 9.11. The van der Waals surface area contributed by atoms with Gasteiger partial charge in [-0.1, -0.05) is 15.9 Å². The molecule has 0 spiro atoms. The number of rotatable bonds is 4. The van der Waals surface area contributed by atoms with Crippen molar-refractivity contribution < 1.29 is 14.3 Å². The first-order chi connectivity index (χ1) is 13.9. The third kappa shape index (κ3) is 4.24. The van der Waals surface area contributed by atoms with Gasteiger partial charge in [0.15, 0.2) is 5.58 Å². The molecule has 0 aliphatic rings. The predicted molar refractivity (Wildman–Crippen MR) is 124 cm³/mol. The van der Waals surface area contributed by atoms with Crippen LogP contribution in [0.2, 0.25) is 0 Å². The van der Waals surface area contributed by atoms with Gasteiger partial charge in [0, 0.05) is 21.8 Å². The molecule has 146 valence electrons. The summed E-state index contributed by atoms with van der Waals surface area (Å²) in [5.41, 5.74) is 3.49. The van der Waals surface area contributed by atoms with E-state index in [0.717, 1.165) is 20.3 Å². The number of phenolic OH excluding ortho intramolecular Hbond substituents is 1. The number of hydrogen-bond acceptors (Lipinski definition) is 5. The number of nitrogens with zero attached hydrogens (tertiary/aromatic N) is 2. The monoisotopic (exact) mass is 578 g/mol. The van der Waals surface area contributed by atoms with Crippen molar-refractivity contribution in [2.24, 2.45) is 4.99 Å². The predicted octanol–water partition coefficient (Wildman–Crippen LogP) is 7.25. The van der Waals surface area contributed by atoms with Crippen LogP contribution in [0.1, 0.15) is 5.56 Å². The van der Waals surface area contributed by atoms with Crippen LogP contribution in [0.15, 0.2) is 71.4 Å². The highest BCUT2D eigenvalue weighted by atomic mass is 79.9. The number of aromatic nitrogens is 1. The topological polar surface area (TPSA) is 67.9 Å². The number of benzene rings is 3. The molecule has 3 aromatic carbocycles. The zero-order valence-corrected chi connectivity index (χ0v) is 19.7. The SMILES string of the molecule is COc1ccc(-c2nc3cc(N=Cc4cc(Br)cc(Br)c4O)ccc3o2)cc1Br. The van der Waals surface area contributed by atoms with Gasteiger partial charge in [0.05, 0.1) is 21.7 Å². The maximum atomic E-state index is 10.2. The lowest BCUT2D eigenvalue weighted by atomic mass is 10.2. The summed E-state index contributed by atoms with van der Waals surface area (Å²) in [6.07, 6.45) is 1.60. The van der Waals surface area contributed by atoms with Gasteiger partial charge in [-0.25, -0.2) is 4.98 Å². The molecule has 4 aromatic rings. The first kappa shape index (κ1) is 20.1. The normalized spacial score (nSPS) is 11.4. The lowest BCUT2D eigenvalue weighted by molar-refractivity contribution is 0.412. The van der Waals surface area contributed by atoms with Crippen molar-refractivity contribution in [1.82, 2.24) is 4.98 Å². The molecule has 0 saturated carbocycles. The quantitative estimate of drug-likeness (QED) is 0.258. The van der Waals surface area contributed by atoms with Crippen LogP contribution in [-0.4, -0.2) is 23.4 Å². The van der Waals surface area contributed by atoms with E-state index >= 15 is 0 Å². The molecule has 0 radical (unpaired) electrons. The molecule has 0 aliphatic heterocycles. The summed E-state index contributed by atoms with van der Waals surface area (Å²) >= 11 is 10.2. The Morgan fingerprint density at radius 2 is 1.86 bits per heavy atom. The fraction of sp³-hybridized carbons (Fsp3) is 0.0476. The number of halogens is 3. The second-order valence-corrected chi connectivity index (χ2v) is 8.73. The Morgan fingerprint density at radius 1 is 1.03 bits per heavy atom. The summed E-state index contributed by atoms with van der Waals surface area (Å²) in [6.45, 7) is 0. The second-order valence-electron chi connectivity index (χ2n) is 6.10. The molecule has 5 nitrogen and oxygen atoms in total. The Labute approximate surface area is 191 Å². The smallest absolute Gasteiger partial charge is 0.227 e. The molecule has 0 fully saturated rings. The molecule has 0 aliphatic carbocycles. The Kier molecular flexibility index (Phi) is 5.76. The summed E-state index contributed by atoms with van der Waals surface area (Å²) in [4.78, 5) is 9.03. The number of methoxy groups -OCH3 is 1. The van der Waals surface area contributed by atoms with Gasteiger partial charge in [-0.3, -0.25) is 4.99 Å². The van der Waals surface area contributed by atoms with E-state index < -0.39 is 0 Å². The molecule has 0 amide bonds. The summed E-state index contributed by atoms with van der Waals surface area (Å²) in [5.74, 6) is 1.38. The Balaban J connectivity index is 1.66. The van der Waals surface area contributed by atoms with Crippen molar-refractivity contribution >= 4 is 70.8 Å². The molecule has 1 N–H and O–H groups in total. The number of fused-ring (bicyclic) bond motifs is 1. The minimum absolute atomic E-state index is 0.131. The summed E-state index contributed by atoms with van der Waals surface area (Å²) < 4.78 is 13.4. The van der Waals surface area contributed by atoms with E-state index in [4.69, 9.17) is 9.15 Å². The van der Waals surface area contributed by atoms with E-state index in [-0.39, 0.29) is 5.75 Å². The lowest BCUT2D eigenvalue weighted by Crippen LogP contribution is -1.85. The molecule has 1 heterocycles. The van der Waals surface area contributed by atoms with Gasteiger partial charge in [-0.15, -0.1) is 0 Å². The molecular formula is C21H13Br3N2O3. The minimum atomic E-state index is 0.131. The van der Waals surface area contributed by atoms with E-state index in [1.807, 2.05) is 36.4 Å². The van der Waals surface area contributed by atoms with Crippen molar-refractivity contribution in [2.75, 3.05) is 7.11 Å². The van der Waals surface area contributed by atoms with Gasteiger partial charge >= 0.3 is 0 Å². The van der Waals surface area contributed by atoms with Crippen molar-refractivity contribution in [3.8, 4) is 23.0 Å². The first-order valence-electron chi connectivity index (χ1n) is 8.41. The molecule has 0 bridgehead atoms. The summed E-state index contributed by atoms with van der Waals surface area (Å²) in [7, 11) is 1.62. The van der Waals surface area contributed by atoms with E-state index in [9.17, 15) is 5.11 Å². The average Bonchev–Trinajstić information content (AvgIpc) is 3.13. The molecular weight excluding hydrogens is 568 g/mol. The van der Waals surface area contributed by atoms with E-state index in [1.165, 1.54) is 0 Å². The largest absolute Gasteiger partial charge is 0.506 e. The van der Waals surface area contributed by atoms with Gasteiger partial charge in [0.1, 0.15) is 17.0 Å². The number of aromatic hydroxyl groups is 1. The maximum absolute atomic E-state index is 10.2. The Morgan fingerprint density at radius 3 is 2.62 bits per heavy atom. The van der Waals surface area contributed by atoms with Crippen molar-refractivity contribution in [3.05, 3.63) is 67.5 Å². The highest BCUT2D eigenvalue weighted by Gasteiger charge is 2.11. The van der Waals surface area contributed by atoms with Crippen molar-refractivity contribution in [3.63, 3.8) is 0 Å². The lowest BCUT2D eigenvalue weighted by Gasteiger charge is -2.03. The number of hydrogen-bond donors (Lipinski definition) is 1. The molecule has 29 heavy (non-hydrogen) atoms. The molecule has 1 aromatic heterocycles. The number of oxazole rings is 1. The van der Waals surface area contributed by atoms with Gasteiger partial charge in [-0.2, -0.15) is 0 Å². The number of ether oxygens (including phenoxy) is 1. The van der Waals surface area contributed by atoms with Crippen LogP contribution in [0.25, 0.3) is 22.6 Å². The van der Waals surface area contributed by atoms with Crippen LogP contribution in [0.4, 0.5) is 5.69 Å². The van der Waals surface area contributed by atoms with Crippen LogP contribution in [0.3, 0.4) is 0 Å². The fourth-order valence-corrected chi connectivity index (χ4v) is 4.55. The zero-order chi connectivity index (χ0) is 20.5. The molecule has 8 heteroatoms. The number of aliphatic imine (C=N–C) groups is 1. The van der Waals surface area contributed by atoms with E-state index in [2.05, 4.69) is 57.8 Å². The first-order valence-corrected chi connectivity index (χ1v) is 10.8. The Hall–Kier alpha value is -2.16. The van der Waals surface area contributed by atoms with Gasteiger partial charge < -0.3 is 14.3 Å². The zero-order valence-electron chi connectivity index (χ0n) is 15.0. The van der Waals surface area contributed by atoms with Gasteiger partial charge in [0.25, 0.3) is 0 Å². The van der Waals surface area contributed by atoms with Crippen LogP contribution in [0, 0.1) is 0 Å². The Bertz CT molecular complexity index is 1250. The van der Waals surface area contributed by atoms with Crippen molar-refractivity contribution in [1.29, 1.82) is 0 Å². The minimum Gasteiger partial charge on any atom is -0.506 e. The maximum Gasteiger partial charge on any atom is 0.227 e. The number of phenols is 1. The third-order valence-corrected chi connectivity index (χ3v) is 5.86. The molecule has 0 saturated heterocycles. The van der Waals surface area contributed by atoms with Gasteiger partial charge in [-0.05, 0) is 80.4 Å². The highest BCUT2D eigenvalue weighted by Crippen LogP contribution is 2.33. The molecule has 0 atom stereocenters. The van der Waals surface area contributed by atoms with E-state index in [0.29, 0.717) is 32.7 Å². The molecule has 0 unspecified atom stereocenters. The molecule has 4 rings (SSSR count).